The molecule has 27 heavy (non-hydrogen) atoms. The van der Waals surface area contributed by atoms with Crippen molar-refractivity contribution in [1.82, 2.24) is 9.55 Å². The lowest BCUT2D eigenvalue weighted by Crippen LogP contribution is -2.35. The van der Waals surface area contributed by atoms with Crippen molar-refractivity contribution in [1.29, 1.82) is 0 Å². The second kappa shape index (κ2) is 6.30. The first-order valence-electron chi connectivity index (χ1n) is 9.58. The third-order valence-electron chi connectivity index (χ3n) is 5.71. The average molecular weight is 379 g/mol. The van der Waals surface area contributed by atoms with Gasteiger partial charge in [-0.1, -0.05) is 18.2 Å². The monoisotopic (exact) mass is 379 g/mol. The summed E-state index contributed by atoms with van der Waals surface area (Å²) in [5, 5.41) is 0.624. The van der Waals surface area contributed by atoms with E-state index in [9.17, 15) is 9.59 Å². The fourth-order valence-corrected chi connectivity index (χ4v) is 5.44. The topological polar surface area (TPSA) is 55.2 Å². The first-order chi connectivity index (χ1) is 13.1. The van der Waals surface area contributed by atoms with Crippen LogP contribution in [0.5, 0.6) is 0 Å². The van der Waals surface area contributed by atoms with E-state index in [4.69, 9.17) is 4.98 Å². The molecule has 138 valence electrons. The van der Waals surface area contributed by atoms with E-state index in [1.54, 1.807) is 4.57 Å². The van der Waals surface area contributed by atoms with Gasteiger partial charge in [0.25, 0.3) is 11.5 Å². The summed E-state index contributed by atoms with van der Waals surface area (Å²) in [5.74, 6) is 0.854. The molecule has 0 N–H and O–H groups in total. The van der Waals surface area contributed by atoms with E-state index in [1.807, 2.05) is 30.0 Å². The largest absolute Gasteiger partial charge is 0.307 e. The first-order valence-corrected chi connectivity index (χ1v) is 10.4. The molecular formula is C21H21N3O2S. The van der Waals surface area contributed by atoms with Gasteiger partial charge in [0, 0.05) is 25.2 Å². The number of thiophene rings is 1. The van der Waals surface area contributed by atoms with Crippen LogP contribution in [0, 0.1) is 6.92 Å². The lowest BCUT2D eigenvalue weighted by molar-refractivity contribution is 0.0988. The number of hydrogen-bond acceptors (Lipinski definition) is 4. The Balaban J connectivity index is 1.64. The highest BCUT2D eigenvalue weighted by Gasteiger charge is 2.28. The number of carbonyl (C=O) groups is 1. The van der Waals surface area contributed by atoms with Crippen LogP contribution in [0.2, 0.25) is 0 Å². The van der Waals surface area contributed by atoms with E-state index in [2.05, 4.69) is 6.07 Å². The number of aromatic nitrogens is 2. The van der Waals surface area contributed by atoms with Gasteiger partial charge >= 0.3 is 0 Å². The number of nitrogens with zero attached hydrogens (tertiary/aromatic N) is 3. The van der Waals surface area contributed by atoms with Gasteiger partial charge in [-0.15, -0.1) is 11.3 Å². The molecule has 0 spiro atoms. The summed E-state index contributed by atoms with van der Waals surface area (Å²) < 4.78 is 1.80. The molecule has 0 atom stereocenters. The van der Waals surface area contributed by atoms with Gasteiger partial charge in [-0.3, -0.25) is 14.2 Å². The fraction of sp³-hybridized carbons (Fsp3) is 0.381. The van der Waals surface area contributed by atoms with Crippen LogP contribution in [0.15, 0.2) is 29.1 Å². The number of rotatable bonds is 1. The molecule has 3 aromatic rings. The quantitative estimate of drug-likeness (QED) is 0.648. The standard InChI is InChI=1S/C21H21N3O2S/c1-13-17-19(22-16-10-4-5-11-24(16)20(17)25)27-18(13)21(26)23-12-6-8-14-7-2-3-9-15(14)23/h2-3,7,9H,4-6,8,10-12H2,1H3. The van der Waals surface area contributed by atoms with Gasteiger partial charge < -0.3 is 4.90 Å². The van der Waals surface area contributed by atoms with Crippen molar-refractivity contribution < 1.29 is 4.79 Å². The number of carbonyl (C=O) groups excluding carboxylic acids is 1. The molecule has 5 nitrogen and oxygen atoms in total. The number of anilines is 1. The molecule has 1 amide bonds. The van der Waals surface area contributed by atoms with Crippen molar-refractivity contribution in [3.8, 4) is 0 Å². The Morgan fingerprint density at radius 1 is 1.11 bits per heavy atom. The molecule has 0 unspecified atom stereocenters. The molecule has 6 heteroatoms. The summed E-state index contributed by atoms with van der Waals surface area (Å²) in [6.45, 7) is 3.34. The fourth-order valence-electron chi connectivity index (χ4n) is 4.30. The molecule has 2 aromatic heterocycles. The highest BCUT2D eigenvalue weighted by atomic mass is 32.1. The molecule has 2 aliphatic rings. The van der Waals surface area contributed by atoms with Gasteiger partial charge in [-0.2, -0.15) is 0 Å². The SMILES string of the molecule is Cc1c(C(=O)N2CCCc3ccccc32)sc2nc3n(c(=O)c12)CCCC3. The van der Waals surface area contributed by atoms with Crippen LogP contribution in [0.3, 0.4) is 0 Å². The third-order valence-corrected chi connectivity index (χ3v) is 6.88. The Morgan fingerprint density at radius 3 is 2.85 bits per heavy atom. The normalized spacial score (nSPS) is 16.3. The lowest BCUT2D eigenvalue weighted by Gasteiger charge is -2.29. The van der Waals surface area contributed by atoms with Crippen molar-refractivity contribution >= 4 is 33.1 Å². The Labute approximate surface area is 161 Å². The molecular weight excluding hydrogens is 358 g/mol. The summed E-state index contributed by atoms with van der Waals surface area (Å²) in [7, 11) is 0. The van der Waals surface area contributed by atoms with Crippen molar-refractivity contribution in [3.05, 3.63) is 56.4 Å². The van der Waals surface area contributed by atoms with Gasteiger partial charge in [-0.25, -0.2) is 4.98 Å². The minimum atomic E-state index is -0.00924. The molecule has 0 radical (unpaired) electrons. The van der Waals surface area contributed by atoms with Crippen LogP contribution in [0.1, 0.15) is 45.9 Å². The van der Waals surface area contributed by atoms with Gasteiger partial charge in [-0.05, 0) is 49.8 Å². The summed E-state index contributed by atoms with van der Waals surface area (Å²) in [6, 6.07) is 8.10. The van der Waals surface area contributed by atoms with Crippen LogP contribution in [0.4, 0.5) is 5.69 Å². The summed E-state index contributed by atoms with van der Waals surface area (Å²) in [4.78, 5) is 34.4. The highest BCUT2D eigenvalue weighted by molar-refractivity contribution is 7.20. The molecule has 0 aliphatic carbocycles. The van der Waals surface area contributed by atoms with E-state index in [0.717, 1.165) is 55.7 Å². The van der Waals surface area contributed by atoms with Crippen molar-refractivity contribution in [3.63, 3.8) is 0 Å². The first kappa shape index (κ1) is 16.7. The second-order valence-corrected chi connectivity index (χ2v) is 8.37. The number of amides is 1. The maximum atomic E-state index is 13.4. The van der Waals surface area contributed by atoms with Gasteiger partial charge in [0.1, 0.15) is 10.7 Å². The van der Waals surface area contributed by atoms with Crippen molar-refractivity contribution in [2.45, 2.75) is 45.6 Å². The van der Waals surface area contributed by atoms with Crippen LogP contribution in [0.25, 0.3) is 10.2 Å². The Bertz CT molecular complexity index is 1130. The number of hydrogen-bond donors (Lipinski definition) is 0. The zero-order chi connectivity index (χ0) is 18.5. The van der Waals surface area contributed by atoms with Crippen LogP contribution >= 0.6 is 11.3 Å². The maximum Gasteiger partial charge on any atom is 0.268 e. The van der Waals surface area contributed by atoms with Crippen LogP contribution < -0.4 is 10.5 Å². The second-order valence-electron chi connectivity index (χ2n) is 7.37. The number of benzene rings is 1. The highest BCUT2D eigenvalue weighted by Crippen LogP contribution is 2.33. The van der Waals surface area contributed by atoms with E-state index in [-0.39, 0.29) is 11.5 Å². The summed E-state index contributed by atoms with van der Waals surface area (Å²) in [6.07, 6.45) is 4.88. The molecule has 4 heterocycles. The third kappa shape index (κ3) is 2.54. The van der Waals surface area contributed by atoms with Crippen molar-refractivity contribution in [2.24, 2.45) is 0 Å². The number of para-hydroxylation sites is 1. The molecule has 0 fully saturated rings. The molecule has 2 aliphatic heterocycles. The van der Waals surface area contributed by atoms with Gasteiger partial charge in [0.2, 0.25) is 0 Å². The zero-order valence-corrected chi connectivity index (χ0v) is 16.1. The number of aryl methyl sites for hydroxylation is 3. The van der Waals surface area contributed by atoms with Crippen LogP contribution in [-0.2, 0) is 19.4 Å². The van der Waals surface area contributed by atoms with E-state index in [0.29, 0.717) is 21.6 Å². The molecule has 0 saturated heterocycles. The Hall–Kier alpha value is -2.47. The maximum absolute atomic E-state index is 13.4. The Kier molecular flexibility index (Phi) is 3.90. The molecule has 0 bridgehead atoms. The van der Waals surface area contributed by atoms with Gasteiger partial charge in [0.05, 0.1) is 10.3 Å². The molecule has 5 rings (SSSR count). The summed E-state index contributed by atoms with van der Waals surface area (Å²) >= 11 is 1.37. The molecule has 1 aromatic carbocycles. The lowest BCUT2D eigenvalue weighted by atomic mass is 10.0. The molecule has 0 saturated carbocycles. The van der Waals surface area contributed by atoms with E-state index in [1.165, 1.54) is 16.9 Å². The van der Waals surface area contributed by atoms with Gasteiger partial charge in [0.15, 0.2) is 0 Å². The number of fused-ring (bicyclic) bond motifs is 3. The minimum absolute atomic E-state index is 0.00924. The predicted octanol–water partition coefficient (Wildman–Crippen LogP) is 3.70. The minimum Gasteiger partial charge on any atom is -0.307 e. The summed E-state index contributed by atoms with van der Waals surface area (Å²) in [5.41, 5.74) is 3.00. The smallest absolute Gasteiger partial charge is 0.268 e. The Morgan fingerprint density at radius 2 is 1.96 bits per heavy atom. The van der Waals surface area contributed by atoms with E-state index >= 15 is 0 Å². The average Bonchev–Trinajstić information content (AvgIpc) is 3.04. The zero-order valence-electron chi connectivity index (χ0n) is 15.3. The van der Waals surface area contributed by atoms with Crippen LogP contribution in [-0.4, -0.2) is 22.0 Å². The predicted molar refractivity (Wildman–Crippen MR) is 108 cm³/mol. The van der Waals surface area contributed by atoms with Crippen molar-refractivity contribution in [2.75, 3.05) is 11.4 Å². The van der Waals surface area contributed by atoms with E-state index < -0.39 is 0 Å².